The summed E-state index contributed by atoms with van der Waals surface area (Å²) >= 11 is 0. The summed E-state index contributed by atoms with van der Waals surface area (Å²) in [6.07, 6.45) is 2.95. The first-order valence-electron chi connectivity index (χ1n) is 6.33. The molecule has 1 aliphatic rings. The van der Waals surface area contributed by atoms with E-state index in [1.807, 2.05) is 0 Å². The van der Waals surface area contributed by atoms with E-state index in [1.165, 1.54) is 12.3 Å². The maximum absolute atomic E-state index is 12.5. The number of nitrogens with zero attached hydrogens (tertiary/aromatic N) is 1. The molecule has 0 aromatic carbocycles. The summed E-state index contributed by atoms with van der Waals surface area (Å²) < 4.78 is 5.20. The van der Waals surface area contributed by atoms with Gasteiger partial charge in [-0.2, -0.15) is 0 Å². The molecule has 1 aromatic rings. The lowest BCUT2D eigenvalue weighted by Gasteiger charge is -2.35. The van der Waals surface area contributed by atoms with E-state index < -0.39 is 5.41 Å². The Balaban J connectivity index is 2.14. The Morgan fingerprint density at radius 1 is 1.58 bits per heavy atom. The average molecular weight is 265 g/mol. The summed E-state index contributed by atoms with van der Waals surface area (Å²) in [5.74, 6) is 0.0173. The van der Waals surface area contributed by atoms with Crippen molar-refractivity contribution in [1.29, 1.82) is 0 Å². The van der Waals surface area contributed by atoms with Gasteiger partial charge in [0, 0.05) is 13.3 Å². The van der Waals surface area contributed by atoms with Gasteiger partial charge in [-0.3, -0.25) is 4.79 Å². The number of nitrogens with one attached hydrogen (secondary N) is 2. The lowest BCUT2D eigenvalue weighted by Crippen LogP contribution is -2.47. The molecule has 6 nitrogen and oxygen atoms in total. The quantitative estimate of drug-likeness (QED) is 0.748. The van der Waals surface area contributed by atoms with Crippen molar-refractivity contribution >= 4 is 11.7 Å². The van der Waals surface area contributed by atoms with E-state index in [1.54, 1.807) is 13.2 Å². The van der Waals surface area contributed by atoms with Crippen LogP contribution in [0.3, 0.4) is 0 Å². The smallest absolute Gasteiger partial charge is 0.234 e. The molecular formula is C13H19N3O3. The van der Waals surface area contributed by atoms with Crippen LogP contribution in [0.1, 0.15) is 12.8 Å². The van der Waals surface area contributed by atoms with E-state index in [0.29, 0.717) is 19.4 Å². The standard InChI is InChI=1S/C13H19N3O3/c1-19-9-13(4-7-14-8-5-13)12(18)16-11-10(17)3-2-6-15-11/h2-3,6,14,17H,4-5,7-9H2,1H3,(H,15,16,18). The van der Waals surface area contributed by atoms with Crippen molar-refractivity contribution in [3.05, 3.63) is 18.3 Å². The second-order valence-electron chi connectivity index (χ2n) is 4.79. The number of methoxy groups -OCH3 is 1. The van der Waals surface area contributed by atoms with Gasteiger partial charge in [0.2, 0.25) is 5.91 Å². The number of hydrogen-bond donors (Lipinski definition) is 3. The van der Waals surface area contributed by atoms with E-state index in [4.69, 9.17) is 4.74 Å². The molecule has 2 rings (SSSR count). The molecule has 1 aliphatic heterocycles. The van der Waals surface area contributed by atoms with Crippen LogP contribution in [-0.4, -0.2) is 42.8 Å². The molecule has 0 spiro atoms. The van der Waals surface area contributed by atoms with Gasteiger partial charge >= 0.3 is 0 Å². The van der Waals surface area contributed by atoms with Gasteiger partial charge in [0.25, 0.3) is 0 Å². The fourth-order valence-electron chi connectivity index (χ4n) is 2.35. The van der Waals surface area contributed by atoms with Crippen molar-refractivity contribution in [3.8, 4) is 5.75 Å². The molecule has 0 saturated carbocycles. The Hall–Kier alpha value is -1.66. The van der Waals surface area contributed by atoms with Crippen LogP contribution in [-0.2, 0) is 9.53 Å². The molecule has 1 amide bonds. The lowest BCUT2D eigenvalue weighted by molar-refractivity contribution is -0.130. The molecule has 3 N–H and O–H groups in total. The second-order valence-corrected chi connectivity index (χ2v) is 4.79. The van der Waals surface area contributed by atoms with Crippen molar-refractivity contribution in [3.63, 3.8) is 0 Å². The minimum absolute atomic E-state index is 0.0302. The monoisotopic (exact) mass is 265 g/mol. The average Bonchev–Trinajstić information content (AvgIpc) is 2.42. The highest BCUT2D eigenvalue weighted by molar-refractivity contribution is 5.95. The molecule has 104 valence electrons. The van der Waals surface area contributed by atoms with Gasteiger partial charge in [0.15, 0.2) is 11.6 Å². The third-order valence-electron chi connectivity index (χ3n) is 3.48. The summed E-state index contributed by atoms with van der Waals surface area (Å²) in [6, 6.07) is 3.11. The molecule has 0 aliphatic carbocycles. The number of aromatic nitrogens is 1. The van der Waals surface area contributed by atoms with Crippen molar-refractivity contribution in [2.75, 3.05) is 32.1 Å². The Labute approximate surface area is 112 Å². The third-order valence-corrected chi connectivity index (χ3v) is 3.48. The van der Waals surface area contributed by atoms with Gasteiger partial charge in [0.05, 0.1) is 12.0 Å². The van der Waals surface area contributed by atoms with Crippen molar-refractivity contribution < 1.29 is 14.6 Å². The summed E-state index contributed by atoms with van der Waals surface area (Å²) in [7, 11) is 1.59. The number of amides is 1. The zero-order chi connectivity index (χ0) is 13.7. The van der Waals surface area contributed by atoms with Crippen LogP contribution in [0.25, 0.3) is 0 Å². The number of hydrogen-bond acceptors (Lipinski definition) is 5. The van der Waals surface area contributed by atoms with Crippen LogP contribution < -0.4 is 10.6 Å². The zero-order valence-corrected chi connectivity index (χ0v) is 11.0. The number of carbonyl (C=O) groups excluding carboxylic acids is 1. The van der Waals surface area contributed by atoms with Crippen molar-refractivity contribution in [2.24, 2.45) is 5.41 Å². The SMILES string of the molecule is COCC1(C(=O)Nc2ncccc2O)CCNCC1. The number of carbonyl (C=O) groups is 1. The maximum Gasteiger partial charge on any atom is 0.234 e. The van der Waals surface area contributed by atoms with Crippen LogP contribution in [0.15, 0.2) is 18.3 Å². The largest absolute Gasteiger partial charge is 0.504 e. The van der Waals surface area contributed by atoms with E-state index in [0.717, 1.165) is 13.1 Å². The molecule has 19 heavy (non-hydrogen) atoms. The first kappa shape index (κ1) is 13.8. The van der Waals surface area contributed by atoms with Crippen molar-refractivity contribution in [1.82, 2.24) is 10.3 Å². The van der Waals surface area contributed by atoms with Gasteiger partial charge < -0.3 is 20.5 Å². The minimum Gasteiger partial charge on any atom is -0.504 e. The fraction of sp³-hybridized carbons (Fsp3) is 0.538. The van der Waals surface area contributed by atoms with Gasteiger partial charge in [0.1, 0.15) is 0 Å². The molecular weight excluding hydrogens is 246 g/mol. The Kier molecular flexibility index (Phi) is 4.34. The molecule has 0 bridgehead atoms. The third kappa shape index (κ3) is 3.02. The van der Waals surface area contributed by atoms with Crippen LogP contribution in [0, 0.1) is 5.41 Å². The number of piperidine rings is 1. The summed E-state index contributed by atoms with van der Waals surface area (Å²) in [5.41, 5.74) is -0.552. The molecule has 0 unspecified atom stereocenters. The predicted molar refractivity (Wildman–Crippen MR) is 70.9 cm³/mol. The predicted octanol–water partition coefficient (Wildman–Crippen LogP) is 0.742. The zero-order valence-electron chi connectivity index (χ0n) is 11.0. The maximum atomic E-state index is 12.5. The Bertz CT molecular complexity index is 439. The highest BCUT2D eigenvalue weighted by Gasteiger charge is 2.40. The number of anilines is 1. The highest BCUT2D eigenvalue weighted by atomic mass is 16.5. The van der Waals surface area contributed by atoms with Gasteiger partial charge in [-0.15, -0.1) is 0 Å². The van der Waals surface area contributed by atoms with Gasteiger partial charge in [-0.05, 0) is 38.1 Å². The Morgan fingerprint density at radius 2 is 2.32 bits per heavy atom. The molecule has 0 atom stereocenters. The van der Waals surface area contributed by atoms with E-state index in [-0.39, 0.29) is 17.5 Å². The molecule has 6 heteroatoms. The minimum atomic E-state index is -0.552. The number of ether oxygens (including phenoxy) is 1. The second kappa shape index (κ2) is 5.99. The van der Waals surface area contributed by atoms with Gasteiger partial charge in [-0.1, -0.05) is 0 Å². The lowest BCUT2D eigenvalue weighted by atomic mass is 9.78. The first-order chi connectivity index (χ1) is 9.18. The molecule has 1 fully saturated rings. The van der Waals surface area contributed by atoms with Crippen molar-refractivity contribution in [2.45, 2.75) is 12.8 Å². The molecule has 2 heterocycles. The van der Waals surface area contributed by atoms with E-state index in [9.17, 15) is 9.90 Å². The van der Waals surface area contributed by atoms with Crippen LogP contribution >= 0.6 is 0 Å². The van der Waals surface area contributed by atoms with Crippen LogP contribution in [0.5, 0.6) is 5.75 Å². The number of aromatic hydroxyl groups is 1. The number of pyridine rings is 1. The topological polar surface area (TPSA) is 83.5 Å². The molecule has 0 radical (unpaired) electrons. The van der Waals surface area contributed by atoms with E-state index in [2.05, 4.69) is 15.6 Å². The summed E-state index contributed by atoms with van der Waals surface area (Å²) in [4.78, 5) is 16.4. The summed E-state index contributed by atoms with van der Waals surface area (Å²) in [6.45, 7) is 1.93. The fourth-order valence-corrected chi connectivity index (χ4v) is 2.35. The van der Waals surface area contributed by atoms with Crippen LogP contribution in [0.2, 0.25) is 0 Å². The molecule has 1 saturated heterocycles. The highest BCUT2D eigenvalue weighted by Crippen LogP contribution is 2.31. The van der Waals surface area contributed by atoms with Gasteiger partial charge in [-0.25, -0.2) is 4.98 Å². The van der Waals surface area contributed by atoms with Crippen LogP contribution in [0.4, 0.5) is 5.82 Å². The molecule has 1 aromatic heterocycles. The summed E-state index contributed by atoms with van der Waals surface area (Å²) in [5, 5.41) is 15.6. The Morgan fingerprint density at radius 3 is 2.95 bits per heavy atom. The van der Waals surface area contributed by atoms with E-state index >= 15 is 0 Å². The number of rotatable bonds is 4. The first-order valence-corrected chi connectivity index (χ1v) is 6.33. The normalized spacial score (nSPS) is 17.9.